The second-order valence-electron chi connectivity index (χ2n) is 5.11. The van der Waals surface area contributed by atoms with Crippen molar-refractivity contribution in [2.45, 2.75) is 13.5 Å². The van der Waals surface area contributed by atoms with Crippen LogP contribution in [-0.2, 0) is 6.61 Å². The second kappa shape index (κ2) is 8.30. The van der Waals surface area contributed by atoms with Crippen LogP contribution in [0.4, 0.5) is 0 Å². The summed E-state index contributed by atoms with van der Waals surface area (Å²) in [5, 5.41) is 12.3. The van der Waals surface area contributed by atoms with Crippen molar-refractivity contribution >= 4 is 17.8 Å². The quantitative estimate of drug-likeness (QED) is 0.604. The smallest absolute Gasteiger partial charge is 0.161 e. The maximum Gasteiger partial charge on any atom is 0.161 e. The molecule has 0 spiro atoms. The fourth-order valence-electron chi connectivity index (χ4n) is 2.15. The van der Waals surface area contributed by atoms with E-state index in [-0.39, 0.29) is 0 Å². The predicted octanol–water partition coefficient (Wildman–Crippen LogP) is 3.79. The van der Waals surface area contributed by atoms with Crippen molar-refractivity contribution in [2.75, 3.05) is 6.61 Å². The van der Waals surface area contributed by atoms with Crippen LogP contribution in [-0.4, -0.2) is 27.7 Å². The molecule has 0 radical (unpaired) electrons. The van der Waals surface area contributed by atoms with Gasteiger partial charge in [0, 0.05) is 10.6 Å². The van der Waals surface area contributed by atoms with Gasteiger partial charge in [0.2, 0.25) is 0 Å². The van der Waals surface area contributed by atoms with Gasteiger partial charge in [0.25, 0.3) is 0 Å². The summed E-state index contributed by atoms with van der Waals surface area (Å²) in [6.45, 7) is 2.83. The minimum absolute atomic E-state index is 0.369. The van der Waals surface area contributed by atoms with E-state index in [0.29, 0.717) is 29.7 Å². The normalized spacial score (nSPS) is 11.0. The van der Waals surface area contributed by atoms with E-state index in [1.54, 1.807) is 6.21 Å². The first-order valence-electron chi connectivity index (χ1n) is 7.78. The number of aromatic nitrogens is 3. The van der Waals surface area contributed by atoms with E-state index < -0.39 is 0 Å². The lowest BCUT2D eigenvalue weighted by Gasteiger charge is -2.13. The molecule has 128 valence electrons. The zero-order valence-corrected chi connectivity index (χ0v) is 14.4. The monoisotopic (exact) mass is 356 g/mol. The van der Waals surface area contributed by atoms with Gasteiger partial charge in [-0.05, 0) is 36.8 Å². The first-order valence-corrected chi connectivity index (χ1v) is 8.16. The van der Waals surface area contributed by atoms with Crippen molar-refractivity contribution < 1.29 is 9.47 Å². The minimum atomic E-state index is 0.369. The summed E-state index contributed by atoms with van der Waals surface area (Å²) in [6.07, 6.45) is 4.73. The maximum atomic E-state index is 6.17. The molecule has 2 aromatic carbocycles. The van der Waals surface area contributed by atoms with Gasteiger partial charge in [-0.3, -0.25) is 0 Å². The number of hydrogen-bond donors (Lipinski definition) is 0. The van der Waals surface area contributed by atoms with E-state index in [0.717, 1.165) is 11.1 Å². The molecule has 0 aliphatic heterocycles. The van der Waals surface area contributed by atoms with Crippen LogP contribution in [0.25, 0.3) is 0 Å². The van der Waals surface area contributed by atoms with E-state index in [9.17, 15) is 0 Å². The van der Waals surface area contributed by atoms with Crippen molar-refractivity contribution in [3.05, 3.63) is 71.3 Å². The van der Waals surface area contributed by atoms with Gasteiger partial charge in [0.1, 0.15) is 19.3 Å². The lowest BCUT2D eigenvalue weighted by molar-refractivity contribution is 0.269. The van der Waals surface area contributed by atoms with Crippen molar-refractivity contribution in [3.63, 3.8) is 0 Å². The number of hydrogen-bond acceptors (Lipinski definition) is 5. The third-order valence-corrected chi connectivity index (χ3v) is 3.72. The third kappa shape index (κ3) is 4.58. The minimum Gasteiger partial charge on any atom is -0.490 e. The van der Waals surface area contributed by atoms with Crippen LogP contribution in [0.3, 0.4) is 0 Å². The largest absolute Gasteiger partial charge is 0.490 e. The Labute approximate surface area is 150 Å². The summed E-state index contributed by atoms with van der Waals surface area (Å²) in [5.41, 5.74) is 1.80. The van der Waals surface area contributed by atoms with Gasteiger partial charge in [-0.1, -0.05) is 29.8 Å². The standard InChI is InChI=1S/C18H17ClN4O2/c1-2-24-18-9-14(10-22-23-12-20-21-13-23)7-8-17(18)25-11-15-5-3-4-6-16(15)19/h3-10,12-13H,2,11H2,1H3/b22-10-. The van der Waals surface area contributed by atoms with Crippen LogP contribution >= 0.6 is 11.6 Å². The Morgan fingerprint density at radius 2 is 1.88 bits per heavy atom. The van der Waals surface area contributed by atoms with E-state index >= 15 is 0 Å². The van der Waals surface area contributed by atoms with Crippen LogP contribution in [0.5, 0.6) is 11.5 Å². The Balaban J connectivity index is 1.76. The molecule has 3 rings (SSSR count). The van der Waals surface area contributed by atoms with E-state index in [1.807, 2.05) is 49.4 Å². The maximum absolute atomic E-state index is 6.17. The van der Waals surface area contributed by atoms with Gasteiger partial charge in [-0.15, -0.1) is 10.2 Å². The van der Waals surface area contributed by atoms with Gasteiger partial charge in [0.15, 0.2) is 11.5 Å². The number of rotatable bonds is 7. The summed E-state index contributed by atoms with van der Waals surface area (Å²) in [5.74, 6) is 1.31. The molecule has 0 atom stereocenters. The average molecular weight is 357 g/mol. The van der Waals surface area contributed by atoms with Crippen LogP contribution in [0.1, 0.15) is 18.1 Å². The Bertz CT molecular complexity index is 850. The Hall–Kier alpha value is -2.86. The highest BCUT2D eigenvalue weighted by Crippen LogP contribution is 2.29. The Kier molecular flexibility index (Phi) is 5.64. The van der Waals surface area contributed by atoms with Crippen molar-refractivity contribution in [2.24, 2.45) is 5.10 Å². The molecule has 25 heavy (non-hydrogen) atoms. The molecule has 7 heteroatoms. The molecular weight excluding hydrogens is 340 g/mol. The third-order valence-electron chi connectivity index (χ3n) is 3.36. The molecule has 0 aliphatic rings. The zero-order valence-electron chi connectivity index (χ0n) is 13.7. The van der Waals surface area contributed by atoms with Gasteiger partial charge >= 0.3 is 0 Å². The molecular formula is C18H17ClN4O2. The molecule has 1 aromatic heterocycles. The number of benzene rings is 2. The van der Waals surface area contributed by atoms with Crippen LogP contribution in [0.15, 0.2) is 60.2 Å². The molecule has 0 saturated heterocycles. The van der Waals surface area contributed by atoms with E-state index in [4.69, 9.17) is 21.1 Å². The molecule has 0 aliphatic carbocycles. The first-order chi connectivity index (χ1) is 12.3. The van der Waals surface area contributed by atoms with Crippen molar-refractivity contribution in [1.82, 2.24) is 14.9 Å². The molecule has 0 unspecified atom stereocenters. The Morgan fingerprint density at radius 1 is 1.08 bits per heavy atom. The van der Waals surface area contributed by atoms with Crippen LogP contribution in [0.2, 0.25) is 5.02 Å². The fraction of sp³-hybridized carbons (Fsp3) is 0.167. The SMILES string of the molecule is CCOc1cc(/C=N\n2cnnc2)ccc1OCc1ccccc1Cl. The molecule has 0 N–H and O–H groups in total. The lowest BCUT2D eigenvalue weighted by atomic mass is 10.2. The van der Waals surface area contributed by atoms with Gasteiger partial charge in [-0.25, -0.2) is 4.68 Å². The van der Waals surface area contributed by atoms with E-state index in [1.165, 1.54) is 17.3 Å². The second-order valence-corrected chi connectivity index (χ2v) is 5.51. The van der Waals surface area contributed by atoms with Crippen LogP contribution < -0.4 is 9.47 Å². The molecule has 3 aromatic rings. The molecule has 0 fully saturated rings. The van der Waals surface area contributed by atoms with Crippen molar-refractivity contribution in [1.29, 1.82) is 0 Å². The molecule has 0 amide bonds. The summed E-state index contributed by atoms with van der Waals surface area (Å²) in [4.78, 5) is 0. The summed E-state index contributed by atoms with van der Waals surface area (Å²) in [6, 6.07) is 13.2. The molecule has 0 bridgehead atoms. The van der Waals surface area contributed by atoms with E-state index in [2.05, 4.69) is 15.3 Å². The zero-order chi connectivity index (χ0) is 17.5. The highest BCUT2D eigenvalue weighted by Gasteiger charge is 2.08. The first kappa shape index (κ1) is 17.0. The highest BCUT2D eigenvalue weighted by atomic mass is 35.5. The lowest BCUT2D eigenvalue weighted by Crippen LogP contribution is -2.01. The predicted molar refractivity (Wildman–Crippen MR) is 96.4 cm³/mol. The van der Waals surface area contributed by atoms with Gasteiger partial charge in [0.05, 0.1) is 12.8 Å². The topological polar surface area (TPSA) is 61.5 Å². The van der Waals surface area contributed by atoms with Gasteiger partial charge < -0.3 is 9.47 Å². The summed E-state index contributed by atoms with van der Waals surface area (Å²) in [7, 11) is 0. The molecule has 6 nitrogen and oxygen atoms in total. The number of nitrogens with zero attached hydrogens (tertiary/aromatic N) is 4. The van der Waals surface area contributed by atoms with Crippen molar-refractivity contribution in [3.8, 4) is 11.5 Å². The van der Waals surface area contributed by atoms with Gasteiger partial charge in [-0.2, -0.15) is 5.10 Å². The molecule has 0 saturated carbocycles. The summed E-state index contributed by atoms with van der Waals surface area (Å²) >= 11 is 6.17. The number of halogens is 1. The number of ether oxygens (including phenoxy) is 2. The van der Waals surface area contributed by atoms with Crippen LogP contribution in [0, 0.1) is 0 Å². The average Bonchev–Trinajstić information content (AvgIpc) is 3.14. The fourth-order valence-corrected chi connectivity index (χ4v) is 2.34. The highest BCUT2D eigenvalue weighted by molar-refractivity contribution is 6.31. The Morgan fingerprint density at radius 3 is 2.64 bits per heavy atom. The summed E-state index contributed by atoms with van der Waals surface area (Å²) < 4.78 is 13.1. The molecule has 1 heterocycles.